The topological polar surface area (TPSA) is 72.2 Å². The van der Waals surface area contributed by atoms with Crippen LogP contribution in [-0.2, 0) is 10.0 Å². The zero-order valence-corrected chi connectivity index (χ0v) is 11.6. The molecule has 0 spiro atoms. The fraction of sp³-hybridized carbons (Fsp3) is 0.333. The van der Waals surface area contributed by atoms with Gasteiger partial charge < -0.3 is 5.73 Å². The van der Waals surface area contributed by atoms with Crippen LogP contribution in [0.3, 0.4) is 0 Å². The first kappa shape index (κ1) is 13.4. The summed E-state index contributed by atoms with van der Waals surface area (Å²) in [6.45, 7) is 1.75. The Morgan fingerprint density at radius 2 is 1.94 bits per heavy atom. The summed E-state index contributed by atoms with van der Waals surface area (Å²) in [6, 6.07) is 2.79. The van der Waals surface area contributed by atoms with Gasteiger partial charge in [0.05, 0.1) is 4.90 Å². The second kappa shape index (κ2) is 4.91. The van der Waals surface area contributed by atoms with Gasteiger partial charge in [0.1, 0.15) is 0 Å². The number of rotatable bonds is 3. The minimum atomic E-state index is -3.56. The van der Waals surface area contributed by atoms with Gasteiger partial charge in [-0.25, -0.2) is 13.1 Å². The van der Waals surface area contributed by atoms with Crippen molar-refractivity contribution in [3.63, 3.8) is 0 Å². The van der Waals surface area contributed by atoms with Crippen molar-refractivity contribution < 1.29 is 8.42 Å². The summed E-state index contributed by atoms with van der Waals surface area (Å²) in [5.41, 5.74) is 6.81. The Balaban J connectivity index is 2.29. The SMILES string of the molecule is Cc1c(N)cc(S(=O)(=O)NC2CC=CC2)cc1Cl. The maximum absolute atomic E-state index is 12.2. The number of nitrogens with one attached hydrogen (secondary N) is 1. The van der Waals surface area contributed by atoms with Crippen LogP contribution >= 0.6 is 11.6 Å². The molecule has 1 aromatic carbocycles. The maximum Gasteiger partial charge on any atom is 0.240 e. The molecule has 18 heavy (non-hydrogen) atoms. The molecular formula is C12H15ClN2O2S. The fourth-order valence-electron chi connectivity index (χ4n) is 1.83. The van der Waals surface area contributed by atoms with Crippen molar-refractivity contribution in [1.29, 1.82) is 0 Å². The van der Waals surface area contributed by atoms with Crippen molar-refractivity contribution in [2.75, 3.05) is 5.73 Å². The monoisotopic (exact) mass is 286 g/mol. The molecule has 0 atom stereocenters. The predicted molar refractivity (Wildman–Crippen MR) is 73.1 cm³/mol. The number of sulfonamides is 1. The van der Waals surface area contributed by atoms with Crippen molar-refractivity contribution in [2.45, 2.75) is 30.7 Å². The van der Waals surface area contributed by atoms with Crippen LogP contribution in [0.4, 0.5) is 5.69 Å². The highest BCUT2D eigenvalue weighted by Gasteiger charge is 2.21. The van der Waals surface area contributed by atoms with E-state index in [1.54, 1.807) is 6.92 Å². The average molecular weight is 287 g/mol. The third-order valence-electron chi connectivity index (χ3n) is 3.00. The molecule has 1 aromatic rings. The Labute approximate surface area is 112 Å². The largest absolute Gasteiger partial charge is 0.398 e. The second-order valence-corrected chi connectivity index (χ2v) is 6.50. The Bertz CT molecular complexity index is 565. The van der Waals surface area contributed by atoms with Crippen molar-refractivity contribution in [3.05, 3.63) is 34.9 Å². The normalized spacial score (nSPS) is 16.3. The Hall–Kier alpha value is -1.04. The minimum absolute atomic E-state index is 0.0729. The fourth-order valence-corrected chi connectivity index (χ4v) is 3.44. The lowest BCUT2D eigenvalue weighted by Crippen LogP contribution is -2.32. The van der Waals surface area contributed by atoms with Gasteiger partial charge in [-0.15, -0.1) is 0 Å². The molecule has 0 heterocycles. The quantitative estimate of drug-likeness (QED) is 0.661. The number of hydrogen-bond acceptors (Lipinski definition) is 3. The van der Waals surface area contributed by atoms with E-state index in [0.717, 1.165) is 0 Å². The first-order valence-electron chi connectivity index (χ1n) is 5.63. The maximum atomic E-state index is 12.2. The van der Waals surface area contributed by atoms with Crippen LogP contribution in [0.15, 0.2) is 29.2 Å². The van der Waals surface area contributed by atoms with Gasteiger partial charge in [0, 0.05) is 16.8 Å². The first-order valence-corrected chi connectivity index (χ1v) is 7.49. The molecule has 0 bridgehead atoms. The van der Waals surface area contributed by atoms with Crippen molar-refractivity contribution >= 4 is 27.3 Å². The van der Waals surface area contributed by atoms with Gasteiger partial charge in [0.2, 0.25) is 10.0 Å². The van der Waals surface area contributed by atoms with Gasteiger partial charge in [0.25, 0.3) is 0 Å². The molecule has 0 radical (unpaired) electrons. The highest BCUT2D eigenvalue weighted by Crippen LogP contribution is 2.26. The van der Waals surface area contributed by atoms with Crippen LogP contribution in [0.5, 0.6) is 0 Å². The highest BCUT2D eigenvalue weighted by molar-refractivity contribution is 7.89. The molecule has 0 unspecified atom stereocenters. The molecule has 3 N–H and O–H groups in total. The van der Waals surface area contributed by atoms with E-state index in [4.69, 9.17) is 17.3 Å². The molecule has 1 aliphatic rings. The molecule has 98 valence electrons. The van der Waals surface area contributed by atoms with E-state index in [-0.39, 0.29) is 10.9 Å². The Morgan fingerprint density at radius 1 is 1.33 bits per heavy atom. The predicted octanol–water partition coefficient (Wildman–Crippen LogP) is 2.23. The molecule has 0 aliphatic heterocycles. The molecule has 2 rings (SSSR count). The molecule has 0 fully saturated rings. The summed E-state index contributed by atoms with van der Waals surface area (Å²) in [7, 11) is -3.56. The van der Waals surface area contributed by atoms with Crippen LogP contribution in [0, 0.1) is 6.92 Å². The van der Waals surface area contributed by atoms with Crippen LogP contribution in [0.1, 0.15) is 18.4 Å². The molecule has 1 aliphatic carbocycles. The number of hydrogen-bond donors (Lipinski definition) is 2. The van der Waals surface area contributed by atoms with Gasteiger partial charge in [-0.3, -0.25) is 0 Å². The summed E-state index contributed by atoms with van der Waals surface area (Å²) in [5, 5.41) is 0.361. The van der Waals surface area contributed by atoms with E-state index in [0.29, 0.717) is 29.1 Å². The molecule has 0 aromatic heterocycles. The number of benzene rings is 1. The van der Waals surface area contributed by atoms with E-state index in [2.05, 4.69) is 4.72 Å². The number of nitrogens with two attached hydrogens (primary N) is 1. The van der Waals surface area contributed by atoms with E-state index in [1.807, 2.05) is 12.2 Å². The van der Waals surface area contributed by atoms with Gasteiger partial charge in [-0.2, -0.15) is 0 Å². The van der Waals surface area contributed by atoms with Gasteiger partial charge in [0.15, 0.2) is 0 Å². The summed E-state index contributed by atoms with van der Waals surface area (Å²) in [5.74, 6) is 0. The van der Waals surface area contributed by atoms with Crippen molar-refractivity contribution in [1.82, 2.24) is 4.72 Å². The van der Waals surface area contributed by atoms with E-state index in [9.17, 15) is 8.42 Å². The second-order valence-electron chi connectivity index (χ2n) is 4.38. The smallest absolute Gasteiger partial charge is 0.240 e. The average Bonchev–Trinajstić information content (AvgIpc) is 2.77. The summed E-state index contributed by atoms with van der Waals surface area (Å²) in [6.07, 6.45) is 5.36. The third kappa shape index (κ3) is 2.68. The molecule has 6 heteroatoms. The van der Waals surface area contributed by atoms with E-state index >= 15 is 0 Å². The lowest BCUT2D eigenvalue weighted by atomic mass is 10.2. The summed E-state index contributed by atoms with van der Waals surface area (Å²) >= 11 is 5.96. The summed E-state index contributed by atoms with van der Waals surface area (Å²) < 4.78 is 26.9. The van der Waals surface area contributed by atoms with Crippen LogP contribution in [0.2, 0.25) is 5.02 Å². The van der Waals surface area contributed by atoms with Gasteiger partial charge in [-0.1, -0.05) is 23.8 Å². The zero-order chi connectivity index (χ0) is 13.3. The van der Waals surface area contributed by atoms with Crippen molar-refractivity contribution in [3.8, 4) is 0 Å². The van der Waals surface area contributed by atoms with Gasteiger partial charge in [-0.05, 0) is 37.5 Å². The third-order valence-corrected chi connectivity index (χ3v) is 4.89. The van der Waals surface area contributed by atoms with Crippen molar-refractivity contribution in [2.24, 2.45) is 0 Å². The van der Waals surface area contributed by atoms with E-state index < -0.39 is 10.0 Å². The number of nitrogen functional groups attached to an aromatic ring is 1. The lowest BCUT2D eigenvalue weighted by Gasteiger charge is -2.14. The molecule has 4 nitrogen and oxygen atoms in total. The molecular weight excluding hydrogens is 272 g/mol. The Morgan fingerprint density at radius 3 is 2.50 bits per heavy atom. The zero-order valence-electron chi connectivity index (χ0n) is 9.98. The minimum Gasteiger partial charge on any atom is -0.398 e. The lowest BCUT2D eigenvalue weighted by molar-refractivity contribution is 0.557. The van der Waals surface area contributed by atoms with Crippen LogP contribution < -0.4 is 10.5 Å². The molecule has 0 amide bonds. The van der Waals surface area contributed by atoms with Crippen LogP contribution in [0.25, 0.3) is 0 Å². The highest BCUT2D eigenvalue weighted by atomic mass is 35.5. The first-order chi connectivity index (χ1) is 8.40. The standard InChI is InChI=1S/C12H15ClN2O2S/c1-8-11(13)6-10(7-12(8)14)18(16,17)15-9-4-2-3-5-9/h2-3,6-7,9,15H,4-5,14H2,1H3. The number of anilines is 1. The molecule has 0 saturated carbocycles. The Kier molecular flexibility index (Phi) is 3.66. The number of halogens is 1. The van der Waals surface area contributed by atoms with Crippen LogP contribution in [-0.4, -0.2) is 14.5 Å². The van der Waals surface area contributed by atoms with Gasteiger partial charge >= 0.3 is 0 Å². The molecule has 0 saturated heterocycles. The summed E-state index contributed by atoms with van der Waals surface area (Å²) in [4.78, 5) is 0.113. The van der Waals surface area contributed by atoms with E-state index in [1.165, 1.54) is 12.1 Å².